The Bertz CT molecular complexity index is 217. The van der Waals surface area contributed by atoms with Gasteiger partial charge in [0.05, 0.1) is 5.60 Å². The fourth-order valence-corrected chi connectivity index (χ4v) is 2.02. The molecule has 1 heteroatoms. The summed E-state index contributed by atoms with van der Waals surface area (Å²) in [6.45, 7) is 6.10. The summed E-state index contributed by atoms with van der Waals surface area (Å²) in [4.78, 5) is 0. The number of fused-ring (bicyclic) bond motifs is 1. The number of methoxy groups -OCH3 is 1. The van der Waals surface area contributed by atoms with Crippen LogP contribution in [-0.4, -0.2) is 12.7 Å². The van der Waals surface area contributed by atoms with Crippen LogP contribution in [-0.2, 0) is 4.74 Å². The average molecular weight is 136 g/mol. The zero-order valence-corrected chi connectivity index (χ0v) is 6.42. The van der Waals surface area contributed by atoms with E-state index >= 15 is 0 Å². The fraction of sp³-hybridized carbons (Fsp3) is 0.556. The van der Waals surface area contributed by atoms with E-state index in [4.69, 9.17) is 4.74 Å². The average Bonchev–Trinajstić information content (AvgIpc) is 2.28. The van der Waals surface area contributed by atoms with E-state index in [2.05, 4.69) is 25.7 Å². The van der Waals surface area contributed by atoms with E-state index in [1.54, 1.807) is 7.11 Å². The van der Waals surface area contributed by atoms with E-state index < -0.39 is 0 Å². The molecule has 10 heavy (non-hydrogen) atoms. The summed E-state index contributed by atoms with van der Waals surface area (Å²) >= 11 is 0. The minimum absolute atomic E-state index is 0.0891. The summed E-state index contributed by atoms with van der Waals surface area (Å²) in [5.74, 6) is 1.20. The van der Waals surface area contributed by atoms with E-state index in [9.17, 15) is 0 Å². The molecule has 0 aromatic rings. The van der Waals surface area contributed by atoms with Gasteiger partial charge in [0.15, 0.2) is 0 Å². The van der Waals surface area contributed by atoms with E-state index in [1.807, 2.05) is 0 Å². The largest absolute Gasteiger partial charge is 0.377 e. The van der Waals surface area contributed by atoms with Crippen LogP contribution in [0.3, 0.4) is 0 Å². The highest BCUT2D eigenvalue weighted by molar-refractivity contribution is 5.43. The molecule has 0 N–H and O–H groups in total. The van der Waals surface area contributed by atoms with Crippen molar-refractivity contribution in [3.8, 4) is 0 Å². The third kappa shape index (κ3) is 0.477. The Morgan fingerprint density at radius 3 is 2.70 bits per heavy atom. The molecule has 0 unspecified atom stereocenters. The number of hydrogen-bond donors (Lipinski definition) is 0. The maximum absolute atomic E-state index is 5.37. The topological polar surface area (TPSA) is 9.23 Å². The van der Waals surface area contributed by atoms with Crippen molar-refractivity contribution >= 4 is 0 Å². The van der Waals surface area contributed by atoms with E-state index in [0.29, 0.717) is 11.8 Å². The second-order valence-electron chi connectivity index (χ2n) is 3.33. The predicted octanol–water partition coefficient (Wildman–Crippen LogP) is 1.76. The molecule has 0 radical (unpaired) electrons. The normalized spacial score (nSPS) is 49.6. The van der Waals surface area contributed by atoms with E-state index in [0.717, 1.165) is 0 Å². The molecule has 2 aliphatic rings. The molecule has 3 atom stereocenters. The molecule has 1 fully saturated rings. The summed E-state index contributed by atoms with van der Waals surface area (Å²) in [7, 11) is 1.78. The summed E-state index contributed by atoms with van der Waals surface area (Å²) < 4.78 is 5.37. The highest BCUT2D eigenvalue weighted by Gasteiger charge is 2.63. The molecule has 0 saturated heterocycles. The number of ether oxygens (including phenoxy) is 1. The van der Waals surface area contributed by atoms with Crippen molar-refractivity contribution in [1.82, 2.24) is 0 Å². The van der Waals surface area contributed by atoms with Crippen LogP contribution < -0.4 is 0 Å². The van der Waals surface area contributed by atoms with Crippen LogP contribution in [0, 0.1) is 11.8 Å². The van der Waals surface area contributed by atoms with Crippen molar-refractivity contribution < 1.29 is 4.74 Å². The van der Waals surface area contributed by atoms with Crippen LogP contribution in [0.4, 0.5) is 0 Å². The monoisotopic (exact) mass is 136 g/mol. The Hall–Kier alpha value is -0.560. The van der Waals surface area contributed by atoms with Gasteiger partial charge in [0, 0.05) is 18.9 Å². The Kier molecular flexibility index (Phi) is 0.948. The summed E-state index contributed by atoms with van der Waals surface area (Å²) in [5, 5.41) is 0. The van der Waals surface area contributed by atoms with Crippen molar-refractivity contribution in [2.24, 2.45) is 11.8 Å². The molecule has 0 aromatic carbocycles. The minimum atomic E-state index is 0.0891. The standard InChI is InChI=1S/C9H12O/c1-6-4-5-7-8(6)9(7,2)10-3/h4-5,7-8H,1H2,2-3H3/t7-,8+,9+/m1/s1. The van der Waals surface area contributed by atoms with Gasteiger partial charge >= 0.3 is 0 Å². The molecule has 2 rings (SSSR count). The Morgan fingerprint density at radius 1 is 1.70 bits per heavy atom. The first-order valence-corrected chi connectivity index (χ1v) is 3.62. The summed E-state index contributed by atoms with van der Waals surface area (Å²) in [6, 6.07) is 0. The van der Waals surface area contributed by atoms with Crippen molar-refractivity contribution in [2.45, 2.75) is 12.5 Å². The van der Waals surface area contributed by atoms with Crippen LogP contribution in [0.15, 0.2) is 24.3 Å². The molecule has 0 aromatic heterocycles. The molecule has 2 aliphatic carbocycles. The van der Waals surface area contributed by atoms with Crippen LogP contribution in [0.25, 0.3) is 0 Å². The van der Waals surface area contributed by atoms with Crippen LogP contribution in [0.5, 0.6) is 0 Å². The fourth-order valence-electron chi connectivity index (χ4n) is 2.02. The minimum Gasteiger partial charge on any atom is -0.377 e. The van der Waals surface area contributed by atoms with Gasteiger partial charge in [-0.3, -0.25) is 0 Å². The highest BCUT2D eigenvalue weighted by atomic mass is 16.5. The van der Waals surface area contributed by atoms with Crippen LogP contribution in [0.2, 0.25) is 0 Å². The van der Waals surface area contributed by atoms with Gasteiger partial charge < -0.3 is 4.74 Å². The predicted molar refractivity (Wildman–Crippen MR) is 40.7 cm³/mol. The molecular formula is C9H12O. The van der Waals surface area contributed by atoms with Gasteiger partial charge in [-0.05, 0) is 12.5 Å². The Balaban J connectivity index is 2.25. The lowest BCUT2D eigenvalue weighted by Gasteiger charge is -2.10. The molecular weight excluding hydrogens is 124 g/mol. The molecule has 0 aliphatic heterocycles. The molecule has 0 heterocycles. The lowest BCUT2D eigenvalue weighted by molar-refractivity contribution is 0.0783. The van der Waals surface area contributed by atoms with Gasteiger partial charge in [0.1, 0.15) is 0 Å². The zero-order chi connectivity index (χ0) is 7.35. The van der Waals surface area contributed by atoms with Gasteiger partial charge in [0.2, 0.25) is 0 Å². The second kappa shape index (κ2) is 1.54. The van der Waals surface area contributed by atoms with E-state index in [1.165, 1.54) is 5.57 Å². The van der Waals surface area contributed by atoms with Gasteiger partial charge in [-0.2, -0.15) is 0 Å². The van der Waals surface area contributed by atoms with Crippen LogP contribution >= 0.6 is 0 Å². The maximum Gasteiger partial charge on any atom is 0.0794 e. The highest BCUT2D eigenvalue weighted by Crippen LogP contribution is 2.60. The summed E-state index contributed by atoms with van der Waals surface area (Å²) in [5.41, 5.74) is 1.32. The summed E-state index contributed by atoms with van der Waals surface area (Å²) in [6.07, 6.45) is 4.31. The number of allylic oxidation sites excluding steroid dienone is 1. The SMILES string of the molecule is C=C1C=C[C@@H]2[C@H]1[C@@]2(C)OC. The number of rotatable bonds is 1. The first-order valence-electron chi connectivity index (χ1n) is 3.62. The van der Waals surface area contributed by atoms with Crippen molar-refractivity contribution in [3.05, 3.63) is 24.3 Å². The molecule has 1 saturated carbocycles. The smallest absolute Gasteiger partial charge is 0.0794 e. The zero-order valence-electron chi connectivity index (χ0n) is 6.42. The van der Waals surface area contributed by atoms with Gasteiger partial charge in [0.25, 0.3) is 0 Å². The Labute approximate surface area is 61.4 Å². The third-order valence-corrected chi connectivity index (χ3v) is 2.89. The van der Waals surface area contributed by atoms with Crippen molar-refractivity contribution in [1.29, 1.82) is 0 Å². The lowest BCUT2D eigenvalue weighted by atomic mass is 10.1. The van der Waals surface area contributed by atoms with Crippen LogP contribution in [0.1, 0.15) is 6.92 Å². The van der Waals surface area contributed by atoms with Gasteiger partial charge in [-0.15, -0.1) is 0 Å². The molecule has 54 valence electrons. The maximum atomic E-state index is 5.37. The van der Waals surface area contributed by atoms with Gasteiger partial charge in [-0.25, -0.2) is 0 Å². The Morgan fingerprint density at radius 2 is 2.40 bits per heavy atom. The molecule has 0 amide bonds. The van der Waals surface area contributed by atoms with Crippen molar-refractivity contribution in [2.75, 3.05) is 7.11 Å². The van der Waals surface area contributed by atoms with Gasteiger partial charge in [-0.1, -0.05) is 18.7 Å². The molecule has 0 spiro atoms. The number of hydrogen-bond acceptors (Lipinski definition) is 1. The van der Waals surface area contributed by atoms with Crippen molar-refractivity contribution in [3.63, 3.8) is 0 Å². The quantitative estimate of drug-likeness (QED) is 0.533. The first kappa shape index (κ1) is 6.17. The lowest BCUT2D eigenvalue weighted by Crippen LogP contribution is -2.12. The third-order valence-electron chi connectivity index (χ3n) is 2.89. The van der Waals surface area contributed by atoms with E-state index in [-0.39, 0.29) is 5.60 Å². The second-order valence-corrected chi connectivity index (χ2v) is 3.33. The molecule has 1 nitrogen and oxygen atoms in total. The first-order chi connectivity index (χ1) is 4.70. The molecule has 0 bridgehead atoms.